The van der Waals surface area contributed by atoms with Gasteiger partial charge in [0, 0.05) is 27.2 Å². The molecule has 28 heavy (non-hydrogen) atoms. The molecule has 0 spiro atoms. The first-order chi connectivity index (χ1) is 13.3. The highest BCUT2D eigenvalue weighted by Crippen LogP contribution is 2.36. The predicted molar refractivity (Wildman–Crippen MR) is 105 cm³/mol. The molecule has 0 atom stereocenters. The molecule has 0 saturated carbocycles. The van der Waals surface area contributed by atoms with Gasteiger partial charge in [-0.1, -0.05) is 23.2 Å². The SMILES string of the molecule is Cc1cc(C(=O)O)nn1Cc1cc(Cl)cc2cc(-c3ccc(F)cc3Cl)oc12. The lowest BCUT2D eigenvalue weighted by Crippen LogP contribution is -2.06. The fraction of sp³-hybridized carbons (Fsp3) is 0.100. The Bertz CT molecular complexity index is 1230. The summed E-state index contributed by atoms with van der Waals surface area (Å²) in [6.45, 7) is 2.05. The molecule has 0 amide bonds. The number of hydrogen-bond acceptors (Lipinski definition) is 3. The van der Waals surface area contributed by atoms with E-state index in [0.29, 0.717) is 27.6 Å². The maximum absolute atomic E-state index is 13.3. The number of aromatic carboxylic acids is 1. The second-order valence-corrected chi connectivity index (χ2v) is 7.20. The Balaban J connectivity index is 1.81. The smallest absolute Gasteiger partial charge is 0.356 e. The van der Waals surface area contributed by atoms with Crippen molar-refractivity contribution in [3.63, 3.8) is 0 Å². The van der Waals surface area contributed by atoms with Crippen LogP contribution in [0.15, 0.2) is 46.9 Å². The number of fused-ring (bicyclic) bond motifs is 1. The van der Waals surface area contributed by atoms with Crippen LogP contribution in [0.1, 0.15) is 21.7 Å². The molecule has 5 nitrogen and oxygen atoms in total. The largest absolute Gasteiger partial charge is 0.476 e. The van der Waals surface area contributed by atoms with Crippen LogP contribution in [0, 0.1) is 12.7 Å². The molecule has 2 heterocycles. The molecule has 0 unspecified atom stereocenters. The molecule has 0 aliphatic heterocycles. The highest BCUT2D eigenvalue weighted by Gasteiger charge is 2.16. The first-order valence-electron chi connectivity index (χ1n) is 8.27. The maximum Gasteiger partial charge on any atom is 0.356 e. The maximum atomic E-state index is 13.3. The van der Waals surface area contributed by atoms with Crippen molar-refractivity contribution in [3.05, 3.63) is 75.3 Å². The Morgan fingerprint density at radius 1 is 1.21 bits per heavy atom. The lowest BCUT2D eigenvalue weighted by molar-refractivity contribution is 0.0689. The average molecular weight is 419 g/mol. The second kappa shape index (κ2) is 6.96. The Morgan fingerprint density at radius 2 is 2.00 bits per heavy atom. The number of carboxylic acid groups (broad SMARTS) is 1. The van der Waals surface area contributed by atoms with E-state index < -0.39 is 11.8 Å². The Hall–Kier alpha value is -2.83. The number of carboxylic acids is 1. The molecule has 2 aromatic heterocycles. The van der Waals surface area contributed by atoms with Crippen molar-refractivity contribution < 1.29 is 18.7 Å². The first-order valence-corrected chi connectivity index (χ1v) is 9.02. The first kappa shape index (κ1) is 18.5. The number of nitrogens with zero attached hydrogens (tertiary/aromatic N) is 2. The highest BCUT2D eigenvalue weighted by atomic mass is 35.5. The Kier molecular flexibility index (Phi) is 4.61. The third-order valence-electron chi connectivity index (χ3n) is 4.37. The predicted octanol–water partition coefficient (Wildman–Crippen LogP) is 5.80. The number of rotatable bonds is 4. The normalized spacial score (nSPS) is 11.3. The molecule has 0 aliphatic carbocycles. The van der Waals surface area contributed by atoms with Crippen molar-refractivity contribution in [2.75, 3.05) is 0 Å². The summed E-state index contributed by atoms with van der Waals surface area (Å²) in [5.74, 6) is -1.05. The third-order valence-corrected chi connectivity index (χ3v) is 4.91. The van der Waals surface area contributed by atoms with Gasteiger partial charge in [0.25, 0.3) is 0 Å². The van der Waals surface area contributed by atoms with Crippen LogP contribution in [-0.4, -0.2) is 20.9 Å². The van der Waals surface area contributed by atoms with Gasteiger partial charge in [-0.3, -0.25) is 4.68 Å². The third kappa shape index (κ3) is 3.37. The van der Waals surface area contributed by atoms with E-state index in [1.54, 1.807) is 35.9 Å². The van der Waals surface area contributed by atoms with Gasteiger partial charge in [-0.2, -0.15) is 5.10 Å². The van der Waals surface area contributed by atoms with E-state index in [2.05, 4.69) is 5.10 Å². The van der Waals surface area contributed by atoms with Gasteiger partial charge in [0.1, 0.15) is 17.2 Å². The highest BCUT2D eigenvalue weighted by molar-refractivity contribution is 6.33. The molecule has 0 aliphatic rings. The Morgan fingerprint density at radius 3 is 2.68 bits per heavy atom. The molecule has 4 rings (SSSR count). The molecule has 0 radical (unpaired) electrons. The number of carbonyl (C=O) groups is 1. The summed E-state index contributed by atoms with van der Waals surface area (Å²) in [6, 6.07) is 10.8. The molecule has 8 heteroatoms. The zero-order chi connectivity index (χ0) is 20.0. The van der Waals surface area contributed by atoms with Gasteiger partial charge in [0.2, 0.25) is 0 Å². The zero-order valence-corrected chi connectivity index (χ0v) is 16.1. The number of aromatic nitrogens is 2. The molecule has 1 N–H and O–H groups in total. The monoisotopic (exact) mass is 418 g/mol. The van der Waals surface area contributed by atoms with E-state index in [1.165, 1.54) is 18.2 Å². The summed E-state index contributed by atoms with van der Waals surface area (Å²) in [6.07, 6.45) is 0. The van der Waals surface area contributed by atoms with Crippen molar-refractivity contribution in [1.82, 2.24) is 9.78 Å². The van der Waals surface area contributed by atoms with Crippen LogP contribution in [0.2, 0.25) is 10.0 Å². The van der Waals surface area contributed by atoms with Gasteiger partial charge in [-0.25, -0.2) is 9.18 Å². The molecule has 4 aromatic rings. The lowest BCUT2D eigenvalue weighted by Gasteiger charge is -2.06. The molecule has 0 saturated heterocycles. The van der Waals surface area contributed by atoms with Crippen molar-refractivity contribution in [2.45, 2.75) is 13.5 Å². The van der Waals surface area contributed by atoms with Crippen molar-refractivity contribution >= 4 is 40.1 Å². The standard InChI is InChI=1S/C20H13Cl2FN2O3/c1-10-4-17(20(26)27)24-25(10)9-12-6-13(21)5-11-7-18(28-19(11)12)15-3-2-14(23)8-16(15)22/h2-8H,9H2,1H3,(H,26,27). The van der Waals surface area contributed by atoms with Gasteiger partial charge >= 0.3 is 5.97 Å². The van der Waals surface area contributed by atoms with Gasteiger partial charge < -0.3 is 9.52 Å². The fourth-order valence-electron chi connectivity index (χ4n) is 3.06. The van der Waals surface area contributed by atoms with E-state index in [0.717, 1.165) is 10.9 Å². The van der Waals surface area contributed by atoms with Crippen LogP contribution in [0.3, 0.4) is 0 Å². The molecule has 0 bridgehead atoms. The number of furan rings is 1. The van der Waals surface area contributed by atoms with Crippen molar-refractivity contribution in [2.24, 2.45) is 0 Å². The quantitative estimate of drug-likeness (QED) is 0.454. The van der Waals surface area contributed by atoms with E-state index in [9.17, 15) is 9.18 Å². The minimum absolute atomic E-state index is 0.0333. The van der Waals surface area contributed by atoms with E-state index in [-0.39, 0.29) is 17.3 Å². The van der Waals surface area contributed by atoms with Gasteiger partial charge in [0.15, 0.2) is 5.69 Å². The summed E-state index contributed by atoms with van der Waals surface area (Å²) >= 11 is 12.4. The number of benzene rings is 2. The Labute approximate surface area is 168 Å². The number of hydrogen-bond donors (Lipinski definition) is 1. The molecule has 142 valence electrons. The summed E-state index contributed by atoms with van der Waals surface area (Å²) < 4.78 is 20.9. The van der Waals surface area contributed by atoms with E-state index >= 15 is 0 Å². The van der Waals surface area contributed by atoms with Gasteiger partial charge in [-0.15, -0.1) is 0 Å². The number of aryl methyl sites for hydroxylation is 1. The molecular weight excluding hydrogens is 406 g/mol. The molecule has 2 aromatic carbocycles. The van der Waals surface area contributed by atoms with Gasteiger partial charge in [-0.05, 0) is 49.4 Å². The topological polar surface area (TPSA) is 68.3 Å². The minimum Gasteiger partial charge on any atom is -0.476 e. The van der Waals surface area contributed by atoms with Crippen LogP contribution in [0.25, 0.3) is 22.3 Å². The molecule has 0 fully saturated rings. The summed E-state index contributed by atoms with van der Waals surface area (Å²) in [7, 11) is 0. The zero-order valence-electron chi connectivity index (χ0n) is 14.5. The lowest BCUT2D eigenvalue weighted by atomic mass is 10.1. The minimum atomic E-state index is -1.09. The van der Waals surface area contributed by atoms with Gasteiger partial charge in [0.05, 0.1) is 11.6 Å². The van der Waals surface area contributed by atoms with Crippen molar-refractivity contribution in [3.8, 4) is 11.3 Å². The average Bonchev–Trinajstić information content (AvgIpc) is 3.19. The number of halogens is 3. The molecular formula is C20H13Cl2FN2O3. The van der Waals surface area contributed by atoms with Crippen LogP contribution < -0.4 is 0 Å². The summed E-state index contributed by atoms with van der Waals surface area (Å²) in [4.78, 5) is 11.1. The second-order valence-electron chi connectivity index (χ2n) is 6.35. The van der Waals surface area contributed by atoms with Crippen LogP contribution in [0.4, 0.5) is 4.39 Å². The van der Waals surface area contributed by atoms with Crippen LogP contribution in [0.5, 0.6) is 0 Å². The van der Waals surface area contributed by atoms with Crippen molar-refractivity contribution in [1.29, 1.82) is 0 Å². The van der Waals surface area contributed by atoms with E-state index in [4.69, 9.17) is 32.7 Å². The summed E-state index contributed by atoms with van der Waals surface area (Å²) in [5, 5.41) is 14.7. The fourth-order valence-corrected chi connectivity index (χ4v) is 3.57. The van der Waals surface area contributed by atoms with Crippen LogP contribution >= 0.6 is 23.2 Å². The summed E-state index contributed by atoms with van der Waals surface area (Å²) in [5.41, 5.74) is 2.53. The van der Waals surface area contributed by atoms with Crippen LogP contribution in [-0.2, 0) is 6.54 Å². The van der Waals surface area contributed by atoms with E-state index in [1.807, 2.05) is 0 Å².